The molecule has 5 heteroatoms. The second kappa shape index (κ2) is 5.85. The molecule has 3 nitrogen and oxygen atoms in total. The Morgan fingerprint density at radius 2 is 2.00 bits per heavy atom. The van der Waals surface area contributed by atoms with Crippen molar-refractivity contribution < 1.29 is 9.60 Å². The van der Waals surface area contributed by atoms with E-state index in [1.807, 2.05) is 30.3 Å². The number of halogens is 2. The standard InChI is InChI=1S/C16H14BrFN2O/c17-16-11(4-3-6-13(16)18)10-20-9-8-14(19-21)12-5-1-2-7-15(12)20/h1-7,21H,8-10H2/b19-14-. The number of para-hydroxylation sites is 1. The molecule has 0 bridgehead atoms. The summed E-state index contributed by atoms with van der Waals surface area (Å²) in [6.07, 6.45) is 0.667. The highest BCUT2D eigenvalue weighted by molar-refractivity contribution is 9.10. The summed E-state index contributed by atoms with van der Waals surface area (Å²) in [5, 5.41) is 12.5. The molecular formula is C16H14BrFN2O. The van der Waals surface area contributed by atoms with E-state index in [9.17, 15) is 4.39 Å². The van der Waals surface area contributed by atoms with Crippen LogP contribution in [0.15, 0.2) is 52.1 Å². The Labute approximate surface area is 130 Å². The number of rotatable bonds is 2. The summed E-state index contributed by atoms with van der Waals surface area (Å²) in [5.41, 5.74) is 3.53. The van der Waals surface area contributed by atoms with Crippen LogP contribution in [-0.4, -0.2) is 17.5 Å². The van der Waals surface area contributed by atoms with Gasteiger partial charge in [0.25, 0.3) is 0 Å². The molecule has 0 unspecified atom stereocenters. The maximum atomic E-state index is 13.6. The fraction of sp³-hybridized carbons (Fsp3) is 0.188. The van der Waals surface area contributed by atoms with E-state index in [1.54, 1.807) is 6.07 Å². The van der Waals surface area contributed by atoms with Crippen LogP contribution in [0.5, 0.6) is 0 Å². The molecule has 1 N–H and O–H groups in total. The summed E-state index contributed by atoms with van der Waals surface area (Å²) in [6, 6.07) is 12.9. The Hall–Kier alpha value is -1.88. The van der Waals surface area contributed by atoms with Crippen LogP contribution in [0.4, 0.5) is 10.1 Å². The molecule has 0 aromatic heterocycles. The lowest BCUT2D eigenvalue weighted by atomic mass is 9.99. The summed E-state index contributed by atoms with van der Waals surface area (Å²) in [7, 11) is 0. The van der Waals surface area contributed by atoms with Crippen molar-refractivity contribution in [2.45, 2.75) is 13.0 Å². The fourth-order valence-corrected chi connectivity index (χ4v) is 3.02. The van der Waals surface area contributed by atoms with E-state index in [2.05, 4.69) is 26.0 Å². The van der Waals surface area contributed by atoms with E-state index in [-0.39, 0.29) is 5.82 Å². The van der Waals surface area contributed by atoms with Crippen LogP contribution in [0.1, 0.15) is 17.5 Å². The second-order valence-electron chi connectivity index (χ2n) is 4.95. The molecule has 0 atom stereocenters. The van der Waals surface area contributed by atoms with Gasteiger partial charge in [0.1, 0.15) is 5.82 Å². The molecule has 0 saturated heterocycles. The summed E-state index contributed by atoms with van der Waals surface area (Å²) >= 11 is 3.31. The van der Waals surface area contributed by atoms with Crippen molar-refractivity contribution in [1.29, 1.82) is 0 Å². The van der Waals surface area contributed by atoms with Crippen molar-refractivity contribution >= 4 is 27.3 Å². The van der Waals surface area contributed by atoms with Crippen LogP contribution in [-0.2, 0) is 6.54 Å². The van der Waals surface area contributed by atoms with Gasteiger partial charge in [-0.25, -0.2) is 4.39 Å². The van der Waals surface area contributed by atoms with Gasteiger partial charge in [0.2, 0.25) is 0 Å². The van der Waals surface area contributed by atoms with E-state index in [0.29, 0.717) is 23.1 Å². The second-order valence-corrected chi connectivity index (χ2v) is 5.74. The molecule has 108 valence electrons. The van der Waals surface area contributed by atoms with Gasteiger partial charge in [-0.05, 0) is 33.6 Å². The molecule has 2 aromatic carbocycles. The van der Waals surface area contributed by atoms with Crippen molar-refractivity contribution in [3.8, 4) is 0 Å². The van der Waals surface area contributed by atoms with Crippen molar-refractivity contribution in [3.63, 3.8) is 0 Å². The first-order chi connectivity index (χ1) is 10.2. The molecule has 2 aromatic rings. The minimum atomic E-state index is -0.254. The Kier molecular flexibility index (Phi) is 3.92. The number of nitrogens with zero attached hydrogens (tertiary/aromatic N) is 2. The van der Waals surface area contributed by atoms with Gasteiger partial charge in [-0.3, -0.25) is 0 Å². The lowest BCUT2D eigenvalue weighted by molar-refractivity contribution is 0.317. The van der Waals surface area contributed by atoms with Crippen molar-refractivity contribution in [1.82, 2.24) is 0 Å². The van der Waals surface area contributed by atoms with Crippen LogP contribution >= 0.6 is 15.9 Å². The van der Waals surface area contributed by atoms with Gasteiger partial charge in [-0.2, -0.15) is 0 Å². The quantitative estimate of drug-likeness (QED) is 0.652. The van der Waals surface area contributed by atoms with E-state index in [0.717, 1.165) is 23.4 Å². The molecular weight excluding hydrogens is 335 g/mol. The molecule has 0 aliphatic carbocycles. The Morgan fingerprint density at radius 3 is 2.81 bits per heavy atom. The largest absolute Gasteiger partial charge is 0.411 e. The summed E-state index contributed by atoms with van der Waals surface area (Å²) in [4.78, 5) is 2.17. The fourth-order valence-electron chi connectivity index (χ4n) is 2.63. The first-order valence-electron chi connectivity index (χ1n) is 6.69. The van der Waals surface area contributed by atoms with Crippen LogP contribution in [0.2, 0.25) is 0 Å². The third kappa shape index (κ3) is 2.65. The molecule has 1 aliphatic rings. The Morgan fingerprint density at radius 1 is 1.19 bits per heavy atom. The highest BCUT2D eigenvalue weighted by Crippen LogP contribution is 2.30. The number of oxime groups is 1. The zero-order valence-corrected chi connectivity index (χ0v) is 12.8. The Balaban J connectivity index is 1.96. The first kappa shape index (κ1) is 14.1. The average molecular weight is 349 g/mol. The summed E-state index contributed by atoms with van der Waals surface area (Å²) < 4.78 is 14.1. The minimum Gasteiger partial charge on any atom is -0.411 e. The topological polar surface area (TPSA) is 35.8 Å². The molecule has 1 aliphatic heterocycles. The number of benzene rings is 2. The van der Waals surface area contributed by atoms with E-state index >= 15 is 0 Å². The van der Waals surface area contributed by atoms with Gasteiger partial charge < -0.3 is 10.1 Å². The smallest absolute Gasteiger partial charge is 0.137 e. The molecule has 1 heterocycles. The number of anilines is 1. The molecule has 3 rings (SSSR count). The predicted octanol–water partition coefficient (Wildman–Crippen LogP) is 4.18. The van der Waals surface area contributed by atoms with Crippen molar-refractivity contribution in [2.75, 3.05) is 11.4 Å². The zero-order chi connectivity index (χ0) is 14.8. The number of fused-ring (bicyclic) bond motifs is 1. The Bertz CT molecular complexity index is 702. The number of hydrogen-bond donors (Lipinski definition) is 1. The van der Waals surface area contributed by atoms with E-state index < -0.39 is 0 Å². The minimum absolute atomic E-state index is 0.254. The van der Waals surface area contributed by atoms with Crippen LogP contribution < -0.4 is 4.90 Å². The van der Waals surface area contributed by atoms with Crippen molar-refractivity contribution in [2.24, 2.45) is 5.16 Å². The van der Waals surface area contributed by atoms with Gasteiger partial charge >= 0.3 is 0 Å². The van der Waals surface area contributed by atoms with Crippen LogP contribution in [0.3, 0.4) is 0 Å². The average Bonchev–Trinajstić information content (AvgIpc) is 2.52. The maximum absolute atomic E-state index is 13.6. The van der Waals surface area contributed by atoms with Crippen LogP contribution in [0, 0.1) is 5.82 Å². The lowest BCUT2D eigenvalue weighted by Crippen LogP contribution is -2.32. The van der Waals surface area contributed by atoms with Gasteiger partial charge in [-0.1, -0.05) is 35.5 Å². The SMILES string of the molecule is O/N=C1/CCN(Cc2cccc(F)c2Br)c2ccccc21. The van der Waals surface area contributed by atoms with Gasteiger partial charge in [0.05, 0.1) is 10.2 Å². The predicted molar refractivity (Wildman–Crippen MR) is 84.5 cm³/mol. The highest BCUT2D eigenvalue weighted by Gasteiger charge is 2.22. The first-order valence-corrected chi connectivity index (χ1v) is 7.48. The molecule has 0 spiro atoms. The third-order valence-electron chi connectivity index (χ3n) is 3.69. The zero-order valence-electron chi connectivity index (χ0n) is 11.3. The normalized spacial score (nSPS) is 16.1. The molecule has 0 radical (unpaired) electrons. The third-order valence-corrected chi connectivity index (χ3v) is 4.58. The molecule has 0 fully saturated rings. The van der Waals surface area contributed by atoms with Crippen molar-refractivity contribution in [3.05, 3.63) is 63.9 Å². The molecule has 21 heavy (non-hydrogen) atoms. The highest BCUT2D eigenvalue weighted by atomic mass is 79.9. The van der Waals surface area contributed by atoms with E-state index in [4.69, 9.17) is 5.21 Å². The molecule has 0 saturated carbocycles. The van der Waals surface area contributed by atoms with Gasteiger partial charge in [0, 0.05) is 30.8 Å². The lowest BCUT2D eigenvalue weighted by Gasteiger charge is -2.31. The van der Waals surface area contributed by atoms with Gasteiger partial charge in [0.15, 0.2) is 0 Å². The van der Waals surface area contributed by atoms with Crippen LogP contribution in [0.25, 0.3) is 0 Å². The summed E-state index contributed by atoms with van der Waals surface area (Å²) in [6.45, 7) is 1.34. The number of hydrogen-bond acceptors (Lipinski definition) is 3. The maximum Gasteiger partial charge on any atom is 0.137 e. The molecule has 0 amide bonds. The van der Waals surface area contributed by atoms with Gasteiger partial charge in [-0.15, -0.1) is 0 Å². The van der Waals surface area contributed by atoms with E-state index in [1.165, 1.54) is 6.07 Å². The monoisotopic (exact) mass is 348 g/mol. The summed E-state index contributed by atoms with van der Waals surface area (Å²) in [5.74, 6) is -0.254.